The van der Waals surface area contributed by atoms with Gasteiger partial charge in [-0.3, -0.25) is 14.6 Å². The molecule has 23 heavy (non-hydrogen) atoms. The van der Waals surface area contributed by atoms with Gasteiger partial charge in [0.2, 0.25) is 5.91 Å². The number of nitrogens with one attached hydrogen (secondary N) is 2. The highest BCUT2D eigenvalue weighted by Crippen LogP contribution is 2.14. The highest BCUT2D eigenvalue weighted by Gasteiger charge is 2.08. The van der Waals surface area contributed by atoms with Gasteiger partial charge in [-0.2, -0.15) is 0 Å². The highest BCUT2D eigenvalue weighted by molar-refractivity contribution is 9.10. The Bertz CT molecular complexity index is 699. The molecule has 1 aromatic heterocycles. The van der Waals surface area contributed by atoms with Gasteiger partial charge < -0.3 is 10.6 Å². The van der Waals surface area contributed by atoms with E-state index >= 15 is 0 Å². The van der Waals surface area contributed by atoms with Gasteiger partial charge >= 0.3 is 0 Å². The second-order valence-electron chi connectivity index (χ2n) is 5.44. The van der Waals surface area contributed by atoms with Crippen LogP contribution in [0.25, 0.3) is 0 Å². The summed E-state index contributed by atoms with van der Waals surface area (Å²) in [5.74, 6) is -0.249. The average molecular weight is 376 g/mol. The lowest BCUT2D eigenvalue weighted by Gasteiger charge is -2.09. The quantitative estimate of drug-likeness (QED) is 0.842. The normalized spacial score (nSPS) is 10.4. The molecule has 0 radical (unpaired) electrons. The van der Waals surface area contributed by atoms with Gasteiger partial charge in [-0.1, -0.05) is 12.1 Å². The molecule has 2 rings (SSSR count). The third-order valence-electron chi connectivity index (χ3n) is 2.99. The average Bonchev–Trinajstić information content (AvgIpc) is 2.48. The van der Waals surface area contributed by atoms with Crippen molar-refractivity contribution in [2.75, 3.05) is 5.32 Å². The summed E-state index contributed by atoms with van der Waals surface area (Å²) in [5, 5.41) is 5.64. The van der Waals surface area contributed by atoms with Gasteiger partial charge in [0.15, 0.2) is 0 Å². The van der Waals surface area contributed by atoms with Crippen molar-refractivity contribution in [2.24, 2.45) is 0 Å². The van der Waals surface area contributed by atoms with Gasteiger partial charge in [0.05, 0.1) is 12.0 Å². The molecular formula is C17H18BrN3O2. The number of hydrogen-bond acceptors (Lipinski definition) is 3. The maximum atomic E-state index is 12.1. The Balaban J connectivity index is 1.97. The molecule has 120 valence electrons. The Kier molecular flexibility index (Phi) is 5.87. The summed E-state index contributed by atoms with van der Waals surface area (Å²) in [5.41, 5.74) is 2.04. The Morgan fingerprint density at radius 3 is 2.48 bits per heavy atom. The third-order valence-corrected chi connectivity index (χ3v) is 3.43. The first kappa shape index (κ1) is 17.1. The van der Waals surface area contributed by atoms with Crippen molar-refractivity contribution in [2.45, 2.75) is 26.3 Å². The molecule has 0 aliphatic rings. The lowest BCUT2D eigenvalue weighted by molar-refractivity contribution is -0.120. The van der Waals surface area contributed by atoms with E-state index < -0.39 is 0 Å². The Hall–Kier alpha value is -2.21. The van der Waals surface area contributed by atoms with Crippen molar-refractivity contribution in [3.8, 4) is 0 Å². The predicted octanol–water partition coefficient (Wildman–Crippen LogP) is 3.16. The first-order valence-corrected chi connectivity index (χ1v) is 8.03. The van der Waals surface area contributed by atoms with Crippen LogP contribution < -0.4 is 10.6 Å². The van der Waals surface area contributed by atoms with E-state index in [1.165, 1.54) is 6.20 Å². The molecule has 2 amide bonds. The van der Waals surface area contributed by atoms with Crippen molar-refractivity contribution in [1.82, 2.24) is 10.3 Å². The number of rotatable bonds is 5. The maximum Gasteiger partial charge on any atom is 0.257 e. The van der Waals surface area contributed by atoms with Gasteiger partial charge in [0.25, 0.3) is 5.91 Å². The predicted molar refractivity (Wildman–Crippen MR) is 93.3 cm³/mol. The molecule has 2 N–H and O–H groups in total. The van der Waals surface area contributed by atoms with Crippen molar-refractivity contribution in [3.05, 3.63) is 58.3 Å². The van der Waals surface area contributed by atoms with Gasteiger partial charge in [-0.05, 0) is 53.5 Å². The van der Waals surface area contributed by atoms with Gasteiger partial charge in [-0.25, -0.2) is 0 Å². The van der Waals surface area contributed by atoms with Crippen LogP contribution in [0.2, 0.25) is 0 Å². The van der Waals surface area contributed by atoms with E-state index in [9.17, 15) is 9.59 Å². The molecular weight excluding hydrogens is 358 g/mol. The molecule has 5 nitrogen and oxygen atoms in total. The molecule has 0 aliphatic carbocycles. The molecule has 0 saturated heterocycles. The summed E-state index contributed by atoms with van der Waals surface area (Å²) in [4.78, 5) is 27.8. The minimum Gasteiger partial charge on any atom is -0.354 e. The third kappa shape index (κ3) is 5.49. The zero-order valence-corrected chi connectivity index (χ0v) is 14.6. The van der Waals surface area contributed by atoms with E-state index in [-0.39, 0.29) is 17.9 Å². The summed E-state index contributed by atoms with van der Waals surface area (Å²) in [7, 11) is 0. The van der Waals surface area contributed by atoms with Crippen LogP contribution in [0.15, 0.2) is 47.2 Å². The number of carbonyl (C=O) groups is 2. The lowest BCUT2D eigenvalue weighted by atomic mass is 10.1. The minimum atomic E-state index is -0.232. The summed E-state index contributed by atoms with van der Waals surface area (Å²) < 4.78 is 0.747. The molecule has 1 aromatic carbocycles. The zero-order chi connectivity index (χ0) is 16.8. The fourth-order valence-electron chi connectivity index (χ4n) is 2.00. The summed E-state index contributed by atoms with van der Waals surface area (Å²) in [6, 6.07) is 9.04. The molecule has 1 heterocycles. The second kappa shape index (κ2) is 7.87. The Labute approximate surface area is 143 Å². The Morgan fingerprint density at radius 1 is 1.17 bits per heavy atom. The number of aromatic nitrogens is 1. The van der Waals surface area contributed by atoms with E-state index in [1.807, 2.05) is 26.0 Å². The van der Waals surface area contributed by atoms with Crippen LogP contribution >= 0.6 is 15.9 Å². The molecule has 0 spiro atoms. The summed E-state index contributed by atoms with van der Waals surface area (Å²) in [6.45, 7) is 3.85. The number of amides is 2. The molecule has 0 aliphatic heterocycles. The van der Waals surface area contributed by atoms with Crippen LogP contribution in [-0.2, 0) is 11.2 Å². The number of halogens is 1. The monoisotopic (exact) mass is 375 g/mol. The molecule has 0 bridgehead atoms. The number of anilines is 1. The van der Waals surface area contributed by atoms with E-state index in [4.69, 9.17) is 0 Å². The highest BCUT2D eigenvalue weighted by atomic mass is 79.9. The summed E-state index contributed by atoms with van der Waals surface area (Å²) >= 11 is 3.28. The Morgan fingerprint density at radius 2 is 1.87 bits per heavy atom. The fourth-order valence-corrected chi connectivity index (χ4v) is 2.37. The van der Waals surface area contributed by atoms with Crippen LogP contribution in [0, 0.1) is 0 Å². The van der Waals surface area contributed by atoms with E-state index in [0.29, 0.717) is 17.7 Å². The number of carbonyl (C=O) groups excluding carboxylic acids is 2. The molecule has 6 heteroatoms. The largest absolute Gasteiger partial charge is 0.354 e. The number of benzene rings is 1. The van der Waals surface area contributed by atoms with Crippen molar-refractivity contribution < 1.29 is 9.59 Å². The lowest BCUT2D eigenvalue weighted by Crippen LogP contribution is -2.31. The van der Waals surface area contributed by atoms with Crippen LogP contribution in [-0.4, -0.2) is 22.8 Å². The molecule has 0 unspecified atom stereocenters. The van der Waals surface area contributed by atoms with Crippen LogP contribution in [0.1, 0.15) is 29.8 Å². The van der Waals surface area contributed by atoms with Gasteiger partial charge in [0.1, 0.15) is 0 Å². The van der Waals surface area contributed by atoms with E-state index in [2.05, 4.69) is 31.5 Å². The number of nitrogens with zero attached hydrogens (tertiary/aromatic N) is 1. The first-order chi connectivity index (χ1) is 10.9. The molecule has 0 atom stereocenters. The number of hydrogen-bond donors (Lipinski definition) is 2. The molecule has 0 fully saturated rings. The molecule has 0 saturated carbocycles. The second-order valence-corrected chi connectivity index (χ2v) is 6.36. The fraction of sp³-hybridized carbons (Fsp3) is 0.235. The minimum absolute atomic E-state index is 0.0167. The SMILES string of the molecule is CC(C)NC(=O)Cc1ccc(NC(=O)c2cncc(Br)c2)cc1. The molecule has 2 aromatic rings. The van der Waals surface area contributed by atoms with E-state index in [0.717, 1.165) is 10.0 Å². The van der Waals surface area contributed by atoms with Gasteiger partial charge in [-0.15, -0.1) is 0 Å². The van der Waals surface area contributed by atoms with Crippen molar-refractivity contribution in [3.63, 3.8) is 0 Å². The summed E-state index contributed by atoms with van der Waals surface area (Å²) in [6.07, 6.45) is 3.44. The van der Waals surface area contributed by atoms with Crippen LogP contribution in [0.4, 0.5) is 5.69 Å². The van der Waals surface area contributed by atoms with Crippen LogP contribution in [0.5, 0.6) is 0 Å². The standard InChI is InChI=1S/C17H18BrN3O2/c1-11(2)20-16(22)7-12-3-5-15(6-4-12)21-17(23)13-8-14(18)10-19-9-13/h3-6,8-11H,7H2,1-2H3,(H,20,22)(H,21,23). The smallest absolute Gasteiger partial charge is 0.257 e. The topological polar surface area (TPSA) is 71.1 Å². The first-order valence-electron chi connectivity index (χ1n) is 7.24. The van der Waals surface area contributed by atoms with Gasteiger partial charge in [0, 0.05) is 28.6 Å². The van der Waals surface area contributed by atoms with E-state index in [1.54, 1.807) is 24.4 Å². The van der Waals surface area contributed by atoms with Crippen LogP contribution in [0.3, 0.4) is 0 Å². The maximum absolute atomic E-state index is 12.1. The van der Waals surface area contributed by atoms with Crippen molar-refractivity contribution >= 4 is 33.4 Å². The van der Waals surface area contributed by atoms with Crippen molar-refractivity contribution in [1.29, 1.82) is 0 Å². The number of pyridine rings is 1. The zero-order valence-electron chi connectivity index (χ0n) is 13.0.